The van der Waals surface area contributed by atoms with Gasteiger partial charge < -0.3 is 34.6 Å². The summed E-state index contributed by atoms with van der Waals surface area (Å²) >= 11 is 0. The summed E-state index contributed by atoms with van der Waals surface area (Å²) in [4.78, 5) is 42.6. The highest BCUT2D eigenvalue weighted by Crippen LogP contribution is 2.33. The van der Waals surface area contributed by atoms with Crippen molar-refractivity contribution in [3.05, 3.63) is 0 Å². The van der Waals surface area contributed by atoms with Crippen LogP contribution in [0.4, 0.5) is 0 Å². The molecule has 43 heavy (non-hydrogen) atoms. The fourth-order valence-corrected chi connectivity index (χ4v) is 7.34. The fourth-order valence-electron chi connectivity index (χ4n) is 7.34. The summed E-state index contributed by atoms with van der Waals surface area (Å²) in [7, 11) is 0. The SMILES string of the molecule is C#COC1CCC(C(=O)NC2CCC(CONC3CCC(OCCOC4CCCCC4)CC3C(=O)O)CC2)C(C(=O)O)C1. The maximum Gasteiger partial charge on any atom is 0.308 e. The molecule has 0 radical (unpaired) electrons. The van der Waals surface area contributed by atoms with Crippen LogP contribution in [0.1, 0.15) is 96.3 Å². The van der Waals surface area contributed by atoms with Gasteiger partial charge in [0.05, 0.1) is 49.8 Å². The van der Waals surface area contributed by atoms with Crippen LogP contribution in [0.2, 0.25) is 0 Å². The van der Waals surface area contributed by atoms with Gasteiger partial charge in [-0.25, -0.2) is 0 Å². The van der Waals surface area contributed by atoms with Gasteiger partial charge in [-0.1, -0.05) is 25.7 Å². The highest BCUT2D eigenvalue weighted by atomic mass is 16.6. The number of carboxylic acid groups (broad SMARTS) is 2. The van der Waals surface area contributed by atoms with Crippen molar-refractivity contribution >= 4 is 17.8 Å². The number of carbonyl (C=O) groups excluding carboxylic acids is 1. The van der Waals surface area contributed by atoms with Crippen LogP contribution in [0.25, 0.3) is 0 Å². The molecule has 0 bridgehead atoms. The molecule has 1 amide bonds. The van der Waals surface area contributed by atoms with E-state index in [1.165, 1.54) is 19.3 Å². The number of terminal acetylenes is 1. The first-order valence-corrected chi connectivity index (χ1v) is 16.3. The number of rotatable bonds is 14. The molecule has 0 aliphatic heterocycles. The molecule has 0 aromatic carbocycles. The number of aliphatic carboxylic acids is 2. The van der Waals surface area contributed by atoms with Crippen molar-refractivity contribution in [2.24, 2.45) is 23.7 Å². The van der Waals surface area contributed by atoms with Crippen molar-refractivity contribution < 1.29 is 43.6 Å². The average molecular weight is 607 g/mol. The number of amides is 1. The van der Waals surface area contributed by atoms with Crippen LogP contribution in [-0.2, 0) is 33.4 Å². The highest BCUT2D eigenvalue weighted by molar-refractivity contribution is 5.85. The fraction of sp³-hybridized carbons (Fsp3) is 0.844. The second kappa shape index (κ2) is 17.2. The summed E-state index contributed by atoms with van der Waals surface area (Å²) < 4.78 is 17.1. The maximum atomic E-state index is 13.0. The Morgan fingerprint density at radius 3 is 2.05 bits per heavy atom. The molecule has 4 N–H and O–H groups in total. The standard InChI is InChI=1S/C32H50N2O9/c1-2-40-24-12-14-26(27(18-24)31(36)37)30(35)33-22-10-8-21(9-11-22)20-43-34-29-15-13-25(19-28(29)32(38)39)42-17-16-41-23-6-4-3-5-7-23/h1,21-29,34H,3-20H2,(H,33,35)(H,36,37)(H,38,39). The van der Waals surface area contributed by atoms with E-state index in [1.807, 2.05) is 0 Å². The quantitative estimate of drug-likeness (QED) is 0.131. The van der Waals surface area contributed by atoms with Gasteiger partial charge in [-0.3, -0.25) is 14.4 Å². The van der Waals surface area contributed by atoms with E-state index in [-0.39, 0.29) is 36.6 Å². The molecule has 4 rings (SSSR count). The van der Waals surface area contributed by atoms with Crippen molar-refractivity contribution in [2.75, 3.05) is 19.8 Å². The molecule has 0 aromatic rings. The van der Waals surface area contributed by atoms with Crippen LogP contribution >= 0.6 is 0 Å². The van der Waals surface area contributed by atoms with Crippen LogP contribution in [0.15, 0.2) is 0 Å². The van der Waals surface area contributed by atoms with Crippen molar-refractivity contribution in [1.82, 2.24) is 10.8 Å². The number of ether oxygens (including phenoxy) is 3. The predicted octanol–water partition coefficient (Wildman–Crippen LogP) is 3.65. The van der Waals surface area contributed by atoms with E-state index in [9.17, 15) is 24.6 Å². The topological polar surface area (TPSA) is 153 Å². The normalized spacial score (nSPS) is 33.7. The van der Waals surface area contributed by atoms with Gasteiger partial charge in [-0.2, -0.15) is 5.48 Å². The van der Waals surface area contributed by atoms with Crippen molar-refractivity contribution in [3.8, 4) is 12.5 Å². The van der Waals surface area contributed by atoms with Crippen LogP contribution in [0.5, 0.6) is 0 Å². The highest BCUT2D eigenvalue weighted by Gasteiger charge is 2.41. The van der Waals surface area contributed by atoms with E-state index in [2.05, 4.69) is 16.9 Å². The Balaban J connectivity index is 1.11. The molecule has 4 fully saturated rings. The summed E-state index contributed by atoms with van der Waals surface area (Å²) in [5.41, 5.74) is 3.04. The van der Waals surface area contributed by atoms with E-state index in [0.29, 0.717) is 57.5 Å². The Labute approximate surface area is 255 Å². The van der Waals surface area contributed by atoms with Gasteiger partial charge in [0.1, 0.15) is 12.2 Å². The van der Waals surface area contributed by atoms with Gasteiger partial charge >= 0.3 is 11.9 Å². The molecule has 11 nitrogen and oxygen atoms in total. The number of nitrogens with one attached hydrogen (secondary N) is 2. The molecule has 0 saturated heterocycles. The van der Waals surface area contributed by atoms with Crippen LogP contribution < -0.4 is 10.8 Å². The Morgan fingerprint density at radius 2 is 1.37 bits per heavy atom. The second-order valence-corrected chi connectivity index (χ2v) is 12.9. The number of hydrogen-bond acceptors (Lipinski definition) is 8. The number of carbonyl (C=O) groups is 3. The van der Waals surface area contributed by atoms with E-state index >= 15 is 0 Å². The molecule has 4 saturated carbocycles. The number of hydrogen-bond donors (Lipinski definition) is 4. The number of hydroxylamine groups is 1. The summed E-state index contributed by atoms with van der Waals surface area (Å²) in [6.45, 7) is 1.53. The summed E-state index contributed by atoms with van der Waals surface area (Å²) in [5.74, 6) is -3.71. The number of carboxylic acids is 2. The van der Waals surface area contributed by atoms with Crippen LogP contribution in [-0.4, -0.2) is 78.3 Å². The van der Waals surface area contributed by atoms with Gasteiger partial charge in [0.25, 0.3) is 0 Å². The molecule has 0 heterocycles. The lowest BCUT2D eigenvalue weighted by Gasteiger charge is -2.35. The molecular weight excluding hydrogens is 556 g/mol. The molecule has 6 atom stereocenters. The lowest BCUT2D eigenvalue weighted by molar-refractivity contribution is -0.151. The maximum absolute atomic E-state index is 13.0. The zero-order chi connectivity index (χ0) is 30.6. The van der Waals surface area contributed by atoms with E-state index < -0.39 is 29.7 Å². The van der Waals surface area contributed by atoms with Gasteiger partial charge in [-0.15, -0.1) is 0 Å². The lowest BCUT2D eigenvalue weighted by Crippen LogP contribution is -2.47. The van der Waals surface area contributed by atoms with Gasteiger partial charge in [0, 0.05) is 12.1 Å². The van der Waals surface area contributed by atoms with Crippen LogP contribution in [0, 0.1) is 36.2 Å². The van der Waals surface area contributed by atoms with Gasteiger partial charge in [0.2, 0.25) is 5.91 Å². The smallest absolute Gasteiger partial charge is 0.308 e. The third kappa shape index (κ3) is 10.3. The van der Waals surface area contributed by atoms with Crippen LogP contribution in [0.3, 0.4) is 0 Å². The zero-order valence-corrected chi connectivity index (χ0v) is 25.3. The lowest BCUT2D eigenvalue weighted by atomic mass is 9.77. The van der Waals surface area contributed by atoms with Gasteiger partial charge in [0.15, 0.2) is 0 Å². The first-order chi connectivity index (χ1) is 20.8. The minimum atomic E-state index is -0.996. The largest absolute Gasteiger partial charge is 0.481 e. The van der Waals surface area contributed by atoms with Crippen molar-refractivity contribution in [2.45, 2.75) is 127 Å². The third-order valence-electron chi connectivity index (χ3n) is 9.90. The molecule has 6 unspecified atom stereocenters. The minimum Gasteiger partial charge on any atom is -0.481 e. The Bertz CT molecular complexity index is 942. The Kier molecular flexibility index (Phi) is 13.4. The average Bonchev–Trinajstić information content (AvgIpc) is 3.01. The monoisotopic (exact) mass is 606 g/mol. The molecule has 4 aliphatic rings. The first-order valence-electron chi connectivity index (χ1n) is 16.3. The molecular formula is C32H50N2O9. The van der Waals surface area contributed by atoms with Gasteiger partial charge in [-0.05, 0) is 83.0 Å². The Morgan fingerprint density at radius 1 is 0.721 bits per heavy atom. The minimum absolute atomic E-state index is 0.00516. The molecule has 11 heteroatoms. The summed E-state index contributed by atoms with van der Waals surface area (Å²) in [6, 6.07) is -0.264. The predicted molar refractivity (Wildman–Crippen MR) is 156 cm³/mol. The third-order valence-corrected chi connectivity index (χ3v) is 9.90. The van der Waals surface area contributed by atoms with E-state index in [0.717, 1.165) is 44.9 Å². The second-order valence-electron chi connectivity index (χ2n) is 12.9. The van der Waals surface area contributed by atoms with E-state index in [4.69, 9.17) is 25.5 Å². The van der Waals surface area contributed by atoms with E-state index in [1.54, 1.807) is 0 Å². The summed E-state index contributed by atoms with van der Waals surface area (Å²) in [5, 5.41) is 22.6. The molecule has 242 valence electrons. The molecule has 0 aromatic heterocycles. The zero-order valence-electron chi connectivity index (χ0n) is 25.3. The van der Waals surface area contributed by atoms with Crippen molar-refractivity contribution in [1.29, 1.82) is 0 Å². The summed E-state index contributed by atoms with van der Waals surface area (Å²) in [6.07, 6.45) is 19.7. The molecule has 4 aliphatic carbocycles. The van der Waals surface area contributed by atoms with Crippen molar-refractivity contribution in [3.63, 3.8) is 0 Å². The Hall–Kier alpha value is -2.39. The molecule has 0 spiro atoms. The first kappa shape index (κ1) is 33.5.